The van der Waals surface area contributed by atoms with E-state index in [9.17, 15) is 4.21 Å². The second-order valence-corrected chi connectivity index (χ2v) is 6.03. The molecule has 0 bridgehead atoms. The lowest BCUT2D eigenvalue weighted by atomic mass is 10.3. The van der Waals surface area contributed by atoms with Gasteiger partial charge < -0.3 is 14.8 Å². The van der Waals surface area contributed by atoms with Gasteiger partial charge in [0.25, 0.3) is 0 Å². The van der Waals surface area contributed by atoms with Gasteiger partial charge in [-0.15, -0.1) is 0 Å². The highest BCUT2D eigenvalue weighted by Crippen LogP contribution is 2.31. The topological polar surface area (TPSA) is 47.6 Å². The summed E-state index contributed by atoms with van der Waals surface area (Å²) in [6, 6.07) is 5.55. The van der Waals surface area contributed by atoms with Crippen molar-refractivity contribution in [2.45, 2.75) is 24.7 Å². The van der Waals surface area contributed by atoms with Gasteiger partial charge >= 0.3 is 0 Å². The third kappa shape index (κ3) is 4.21. The largest absolute Gasteiger partial charge is 0.486 e. The molecule has 5 heteroatoms. The molecule has 1 aliphatic heterocycles. The summed E-state index contributed by atoms with van der Waals surface area (Å²) in [5.41, 5.74) is 0. The summed E-state index contributed by atoms with van der Waals surface area (Å²) in [4.78, 5) is 0.819. The van der Waals surface area contributed by atoms with Crippen molar-refractivity contribution in [3.63, 3.8) is 0 Å². The van der Waals surface area contributed by atoms with Crippen molar-refractivity contribution in [3.8, 4) is 11.5 Å². The summed E-state index contributed by atoms with van der Waals surface area (Å²) in [6.45, 7) is 5.23. The third-order valence-corrected chi connectivity index (χ3v) is 4.33. The number of benzene rings is 1. The Kier molecular flexibility index (Phi) is 5.66. The number of nitrogens with one attached hydrogen (secondary N) is 1. The Labute approximate surface area is 116 Å². The standard InChI is InChI=1S/C14H21NO3S/c1-2-6-15-7-3-10-19(16)12-4-5-13-14(11-12)18-9-8-17-13/h4-5,11,15H,2-3,6-10H2,1H3. The van der Waals surface area contributed by atoms with Crippen molar-refractivity contribution in [2.24, 2.45) is 0 Å². The fourth-order valence-electron chi connectivity index (χ4n) is 1.91. The van der Waals surface area contributed by atoms with Crippen LogP contribution in [0.15, 0.2) is 23.1 Å². The number of hydrogen-bond acceptors (Lipinski definition) is 4. The van der Waals surface area contributed by atoms with Gasteiger partial charge in [0.1, 0.15) is 13.2 Å². The van der Waals surface area contributed by atoms with Crippen LogP contribution in [0, 0.1) is 0 Å². The molecule has 0 fully saturated rings. The molecule has 4 nitrogen and oxygen atoms in total. The normalized spacial score (nSPS) is 15.2. The van der Waals surface area contributed by atoms with E-state index in [0.29, 0.717) is 24.7 Å². The zero-order chi connectivity index (χ0) is 13.5. The van der Waals surface area contributed by atoms with Crippen LogP contribution in [0.1, 0.15) is 19.8 Å². The van der Waals surface area contributed by atoms with E-state index in [-0.39, 0.29) is 0 Å². The van der Waals surface area contributed by atoms with E-state index in [0.717, 1.165) is 36.6 Å². The Hall–Kier alpha value is -1.07. The molecule has 0 amide bonds. The van der Waals surface area contributed by atoms with E-state index in [2.05, 4.69) is 12.2 Å². The van der Waals surface area contributed by atoms with Crippen LogP contribution in [0.25, 0.3) is 0 Å². The van der Waals surface area contributed by atoms with Gasteiger partial charge in [-0.3, -0.25) is 4.21 Å². The molecule has 0 spiro atoms. The van der Waals surface area contributed by atoms with Crippen LogP contribution in [-0.4, -0.2) is 36.3 Å². The first-order valence-corrected chi connectivity index (χ1v) is 8.12. The van der Waals surface area contributed by atoms with E-state index >= 15 is 0 Å². The highest BCUT2D eigenvalue weighted by molar-refractivity contribution is 7.85. The van der Waals surface area contributed by atoms with Crippen LogP contribution in [0.2, 0.25) is 0 Å². The minimum Gasteiger partial charge on any atom is -0.486 e. The van der Waals surface area contributed by atoms with E-state index in [4.69, 9.17) is 9.47 Å². The van der Waals surface area contributed by atoms with Crippen LogP contribution in [0.4, 0.5) is 0 Å². The Morgan fingerprint density at radius 1 is 1.21 bits per heavy atom. The molecule has 2 rings (SSSR count). The molecular weight excluding hydrogens is 262 g/mol. The van der Waals surface area contributed by atoms with Gasteiger partial charge in [-0.2, -0.15) is 0 Å². The lowest BCUT2D eigenvalue weighted by Gasteiger charge is -2.18. The minimum absolute atomic E-state index is 0.560. The van der Waals surface area contributed by atoms with Crippen LogP contribution in [0.5, 0.6) is 11.5 Å². The summed E-state index contributed by atoms with van der Waals surface area (Å²) in [6.07, 6.45) is 2.05. The number of rotatable bonds is 7. The summed E-state index contributed by atoms with van der Waals surface area (Å²) in [7, 11) is -0.962. The molecule has 19 heavy (non-hydrogen) atoms. The van der Waals surface area contributed by atoms with Crippen molar-refractivity contribution in [1.29, 1.82) is 0 Å². The van der Waals surface area contributed by atoms with Crippen LogP contribution >= 0.6 is 0 Å². The fraction of sp³-hybridized carbons (Fsp3) is 0.571. The quantitative estimate of drug-likeness (QED) is 0.777. The van der Waals surface area contributed by atoms with Gasteiger partial charge in [0.15, 0.2) is 11.5 Å². The molecule has 1 N–H and O–H groups in total. The van der Waals surface area contributed by atoms with E-state index in [1.54, 1.807) is 0 Å². The Bertz CT molecular complexity index is 437. The van der Waals surface area contributed by atoms with E-state index in [1.807, 2.05) is 18.2 Å². The summed E-state index contributed by atoms with van der Waals surface area (Å²) < 4.78 is 23.1. The van der Waals surface area contributed by atoms with E-state index < -0.39 is 10.8 Å². The molecule has 106 valence electrons. The highest BCUT2D eigenvalue weighted by Gasteiger charge is 2.13. The first kappa shape index (κ1) is 14.3. The lowest BCUT2D eigenvalue weighted by Crippen LogP contribution is -2.18. The van der Waals surface area contributed by atoms with Crippen molar-refractivity contribution in [2.75, 3.05) is 32.1 Å². The van der Waals surface area contributed by atoms with Gasteiger partial charge in [0, 0.05) is 16.7 Å². The number of fused-ring (bicyclic) bond motifs is 1. The van der Waals surface area contributed by atoms with Crippen LogP contribution < -0.4 is 14.8 Å². The maximum absolute atomic E-state index is 12.2. The van der Waals surface area contributed by atoms with Crippen LogP contribution in [-0.2, 0) is 10.8 Å². The van der Waals surface area contributed by atoms with Crippen molar-refractivity contribution >= 4 is 10.8 Å². The average Bonchev–Trinajstić information content (AvgIpc) is 2.46. The first-order valence-electron chi connectivity index (χ1n) is 6.80. The maximum atomic E-state index is 12.2. The molecule has 0 aliphatic carbocycles. The zero-order valence-electron chi connectivity index (χ0n) is 11.3. The number of hydrogen-bond donors (Lipinski definition) is 1. The van der Waals surface area contributed by atoms with Crippen molar-refractivity contribution in [1.82, 2.24) is 5.32 Å². The van der Waals surface area contributed by atoms with E-state index in [1.165, 1.54) is 0 Å². The summed E-state index contributed by atoms with van der Waals surface area (Å²) in [5.74, 6) is 2.13. The molecular formula is C14H21NO3S. The predicted octanol–water partition coefficient (Wildman–Crippen LogP) is 1.96. The molecule has 0 saturated carbocycles. The van der Waals surface area contributed by atoms with Gasteiger partial charge in [0.05, 0.1) is 10.8 Å². The molecule has 0 saturated heterocycles. The lowest BCUT2D eigenvalue weighted by molar-refractivity contribution is 0.171. The fourth-order valence-corrected chi connectivity index (χ4v) is 3.01. The second kappa shape index (κ2) is 7.50. The zero-order valence-corrected chi connectivity index (χ0v) is 12.1. The molecule has 1 atom stereocenters. The molecule has 1 aromatic rings. The molecule has 1 aromatic carbocycles. The van der Waals surface area contributed by atoms with Crippen molar-refractivity contribution < 1.29 is 13.7 Å². The number of ether oxygens (including phenoxy) is 2. The van der Waals surface area contributed by atoms with Gasteiger partial charge in [-0.25, -0.2) is 0 Å². The monoisotopic (exact) mass is 283 g/mol. The smallest absolute Gasteiger partial charge is 0.162 e. The van der Waals surface area contributed by atoms with Crippen LogP contribution in [0.3, 0.4) is 0 Å². The average molecular weight is 283 g/mol. The molecule has 1 heterocycles. The van der Waals surface area contributed by atoms with Gasteiger partial charge in [-0.05, 0) is 38.1 Å². The third-order valence-electron chi connectivity index (χ3n) is 2.89. The predicted molar refractivity (Wildman–Crippen MR) is 76.5 cm³/mol. The summed E-state index contributed by atoms with van der Waals surface area (Å²) in [5, 5.41) is 3.31. The SMILES string of the molecule is CCCNCCCS(=O)c1ccc2c(c1)OCCO2. The Balaban J connectivity index is 1.85. The molecule has 1 aliphatic rings. The minimum atomic E-state index is -0.962. The maximum Gasteiger partial charge on any atom is 0.162 e. The summed E-state index contributed by atoms with van der Waals surface area (Å²) >= 11 is 0. The Morgan fingerprint density at radius 2 is 2.00 bits per heavy atom. The Morgan fingerprint density at radius 3 is 2.79 bits per heavy atom. The highest BCUT2D eigenvalue weighted by atomic mass is 32.2. The van der Waals surface area contributed by atoms with Crippen molar-refractivity contribution in [3.05, 3.63) is 18.2 Å². The van der Waals surface area contributed by atoms with Gasteiger partial charge in [-0.1, -0.05) is 6.92 Å². The molecule has 0 aromatic heterocycles. The second-order valence-electron chi connectivity index (χ2n) is 4.46. The van der Waals surface area contributed by atoms with Gasteiger partial charge in [0.2, 0.25) is 0 Å². The first-order chi connectivity index (χ1) is 9.31. The molecule has 1 unspecified atom stereocenters. The molecule has 0 radical (unpaired) electrons.